The molecule has 1 amide bonds. The molecule has 3 rings (SSSR count). The minimum absolute atomic E-state index is 0.0776. The Morgan fingerprint density at radius 2 is 1.93 bits per heavy atom. The Labute approximate surface area is 182 Å². The first-order valence-corrected chi connectivity index (χ1v) is 10.3. The van der Waals surface area contributed by atoms with Gasteiger partial charge in [0.15, 0.2) is 0 Å². The lowest BCUT2D eigenvalue weighted by atomic mass is 10.1. The molecule has 2 aromatic carbocycles. The predicted molar refractivity (Wildman–Crippen MR) is 112 cm³/mol. The molecule has 0 atom stereocenters. The molecule has 2 N–H and O–H groups in total. The molecule has 1 aromatic heterocycles. The van der Waals surface area contributed by atoms with Crippen molar-refractivity contribution >= 4 is 41.5 Å². The number of nitrogens with zero attached hydrogens (tertiary/aromatic N) is 3. The SMILES string of the molecule is CC[n+]1c(SCC(=O)N/N=C/c2ccc(C(=O)[O-])cc2)n[nH]c1-c1ccc(Cl)cc1. The number of hydrogen-bond donors (Lipinski definition) is 2. The zero-order chi connectivity index (χ0) is 21.5. The number of hydrazone groups is 1. The molecule has 0 bridgehead atoms. The van der Waals surface area contributed by atoms with E-state index in [9.17, 15) is 14.7 Å². The number of carbonyl (C=O) groups is 2. The predicted octanol–water partition coefficient (Wildman–Crippen LogP) is 1.64. The van der Waals surface area contributed by atoms with Crippen LogP contribution in [0.15, 0.2) is 58.8 Å². The van der Waals surface area contributed by atoms with E-state index in [1.807, 2.05) is 35.8 Å². The minimum Gasteiger partial charge on any atom is -0.545 e. The third-order valence-corrected chi connectivity index (χ3v) is 5.30. The fourth-order valence-electron chi connectivity index (χ4n) is 2.60. The van der Waals surface area contributed by atoms with E-state index in [1.54, 1.807) is 12.1 Å². The quantitative estimate of drug-likeness (QED) is 0.238. The van der Waals surface area contributed by atoms with Crippen LogP contribution < -0.4 is 15.1 Å². The number of halogens is 1. The van der Waals surface area contributed by atoms with Crippen molar-refractivity contribution in [1.29, 1.82) is 0 Å². The molecule has 0 aliphatic carbocycles. The Kier molecular flexibility index (Phi) is 7.21. The first-order chi connectivity index (χ1) is 14.5. The van der Waals surface area contributed by atoms with Crippen LogP contribution >= 0.6 is 23.4 Å². The molecule has 30 heavy (non-hydrogen) atoms. The van der Waals surface area contributed by atoms with Gasteiger partial charge in [-0.1, -0.05) is 35.9 Å². The largest absolute Gasteiger partial charge is 0.545 e. The number of H-pyrrole nitrogens is 1. The van der Waals surface area contributed by atoms with Gasteiger partial charge in [-0.05, 0) is 54.1 Å². The van der Waals surface area contributed by atoms with E-state index in [4.69, 9.17) is 11.6 Å². The molecule has 0 fully saturated rings. The summed E-state index contributed by atoms with van der Waals surface area (Å²) in [6, 6.07) is 13.4. The van der Waals surface area contributed by atoms with Crippen molar-refractivity contribution < 1.29 is 19.3 Å². The lowest BCUT2D eigenvalue weighted by Gasteiger charge is -2.02. The van der Waals surface area contributed by atoms with Crippen molar-refractivity contribution in [3.63, 3.8) is 0 Å². The van der Waals surface area contributed by atoms with Gasteiger partial charge in [-0.2, -0.15) is 5.10 Å². The number of carboxylic acids is 1. The Morgan fingerprint density at radius 3 is 2.57 bits per heavy atom. The summed E-state index contributed by atoms with van der Waals surface area (Å²) in [6.45, 7) is 2.67. The van der Waals surface area contributed by atoms with Gasteiger partial charge in [0.2, 0.25) is 0 Å². The number of hydrogen-bond acceptors (Lipinski definition) is 6. The Balaban J connectivity index is 1.57. The number of rotatable bonds is 8. The third kappa shape index (κ3) is 5.46. The molecule has 8 nitrogen and oxygen atoms in total. The van der Waals surface area contributed by atoms with Gasteiger partial charge in [-0.15, -0.1) is 5.10 Å². The van der Waals surface area contributed by atoms with Crippen LogP contribution in [0.4, 0.5) is 0 Å². The first kappa shape index (κ1) is 21.5. The highest BCUT2D eigenvalue weighted by atomic mass is 35.5. The van der Waals surface area contributed by atoms with E-state index in [0.717, 1.165) is 11.4 Å². The Bertz CT molecular complexity index is 1070. The average Bonchev–Trinajstić information content (AvgIpc) is 3.16. The lowest BCUT2D eigenvalue weighted by molar-refractivity contribution is -0.719. The van der Waals surface area contributed by atoms with Gasteiger partial charge in [0.25, 0.3) is 11.7 Å². The molecule has 0 radical (unpaired) electrons. The van der Waals surface area contributed by atoms with Crippen LogP contribution in [0.25, 0.3) is 11.4 Å². The highest BCUT2D eigenvalue weighted by Gasteiger charge is 2.21. The van der Waals surface area contributed by atoms with E-state index < -0.39 is 5.97 Å². The van der Waals surface area contributed by atoms with Crippen LogP contribution in [-0.4, -0.2) is 34.0 Å². The van der Waals surface area contributed by atoms with Crippen molar-refractivity contribution in [3.8, 4) is 11.4 Å². The van der Waals surface area contributed by atoms with Crippen molar-refractivity contribution in [2.45, 2.75) is 18.6 Å². The van der Waals surface area contributed by atoms with E-state index in [2.05, 4.69) is 20.7 Å². The summed E-state index contributed by atoms with van der Waals surface area (Å²) in [5.41, 5.74) is 4.11. The van der Waals surface area contributed by atoms with E-state index in [0.29, 0.717) is 22.3 Å². The number of carbonyl (C=O) groups excluding carboxylic acids is 2. The van der Waals surface area contributed by atoms with Gasteiger partial charge in [0.1, 0.15) is 0 Å². The number of thioether (sulfide) groups is 1. The molecule has 10 heteroatoms. The van der Waals surface area contributed by atoms with Crippen LogP contribution in [0.3, 0.4) is 0 Å². The number of nitrogens with one attached hydrogen (secondary N) is 2. The molecule has 0 spiro atoms. The Morgan fingerprint density at radius 1 is 1.23 bits per heavy atom. The Hall–Kier alpha value is -3.17. The minimum atomic E-state index is -1.24. The monoisotopic (exact) mass is 443 g/mol. The van der Waals surface area contributed by atoms with Gasteiger partial charge in [0, 0.05) is 5.02 Å². The van der Waals surface area contributed by atoms with Crippen LogP contribution in [-0.2, 0) is 11.3 Å². The normalized spacial score (nSPS) is 11.0. The summed E-state index contributed by atoms with van der Waals surface area (Å²) in [6.07, 6.45) is 1.43. The highest BCUT2D eigenvalue weighted by Crippen LogP contribution is 2.19. The molecule has 0 unspecified atom stereocenters. The number of amides is 1. The van der Waals surface area contributed by atoms with Crippen molar-refractivity contribution in [2.24, 2.45) is 5.10 Å². The average molecular weight is 444 g/mol. The highest BCUT2D eigenvalue weighted by molar-refractivity contribution is 7.99. The maximum absolute atomic E-state index is 12.1. The second-order valence-corrected chi connectivity index (χ2v) is 7.48. The summed E-state index contributed by atoms with van der Waals surface area (Å²) >= 11 is 7.23. The zero-order valence-electron chi connectivity index (χ0n) is 16.0. The van der Waals surface area contributed by atoms with Crippen molar-refractivity contribution in [3.05, 3.63) is 64.7 Å². The molecule has 0 aliphatic rings. The van der Waals surface area contributed by atoms with Crippen LogP contribution in [0, 0.1) is 0 Å². The van der Waals surface area contributed by atoms with Gasteiger partial charge in [0.05, 0.1) is 35.1 Å². The maximum Gasteiger partial charge on any atom is 0.337 e. The standard InChI is InChI=1S/C20H18ClN5O3S/c1-2-26-18(14-7-9-16(21)10-8-14)24-25-20(26)30-12-17(27)23-22-11-13-3-5-15(6-4-13)19(28)29/h3-11H,2,12H2,1H3,(H2,23,27,28,29)/b22-11+. The van der Waals surface area contributed by atoms with Gasteiger partial charge >= 0.3 is 5.16 Å². The van der Waals surface area contributed by atoms with Crippen molar-refractivity contribution in [1.82, 2.24) is 15.6 Å². The molecule has 1 heterocycles. The smallest absolute Gasteiger partial charge is 0.337 e. The lowest BCUT2D eigenvalue weighted by Crippen LogP contribution is -2.36. The fourth-order valence-corrected chi connectivity index (χ4v) is 3.53. The first-order valence-electron chi connectivity index (χ1n) is 8.98. The fraction of sp³-hybridized carbons (Fsp3) is 0.150. The summed E-state index contributed by atoms with van der Waals surface area (Å²) in [7, 11) is 0. The summed E-state index contributed by atoms with van der Waals surface area (Å²) in [5.74, 6) is -0.576. The third-order valence-electron chi connectivity index (χ3n) is 4.07. The number of aromatic nitrogens is 3. The van der Waals surface area contributed by atoms with Crippen molar-refractivity contribution in [2.75, 3.05) is 5.75 Å². The van der Waals surface area contributed by atoms with Gasteiger partial charge in [-0.25, -0.2) is 9.99 Å². The second kappa shape index (κ2) is 10.0. The summed E-state index contributed by atoms with van der Waals surface area (Å²) in [5, 5.41) is 23.3. The van der Waals surface area contributed by atoms with Crippen LogP contribution in [0.2, 0.25) is 5.02 Å². The number of aromatic carboxylic acids is 1. The van der Waals surface area contributed by atoms with E-state index >= 15 is 0 Å². The van der Waals surface area contributed by atoms with E-state index in [1.165, 1.54) is 30.1 Å². The number of carboxylic acid groups (broad SMARTS) is 1. The summed E-state index contributed by atoms with van der Waals surface area (Å²) in [4.78, 5) is 22.8. The van der Waals surface area contributed by atoms with Gasteiger partial charge < -0.3 is 9.90 Å². The second-order valence-electron chi connectivity index (χ2n) is 6.10. The zero-order valence-corrected chi connectivity index (χ0v) is 17.5. The van der Waals surface area contributed by atoms with Crippen LogP contribution in [0.5, 0.6) is 0 Å². The maximum atomic E-state index is 12.1. The molecule has 0 aliphatic heterocycles. The molecule has 3 aromatic rings. The molecular weight excluding hydrogens is 426 g/mol. The summed E-state index contributed by atoms with van der Waals surface area (Å²) < 4.78 is 1.98. The molecule has 0 saturated heterocycles. The topological polar surface area (TPSA) is 114 Å². The van der Waals surface area contributed by atoms with E-state index in [-0.39, 0.29) is 17.2 Å². The van der Waals surface area contributed by atoms with Gasteiger partial charge in [-0.3, -0.25) is 4.79 Å². The molecular formula is C20H18ClN5O3S. The number of aromatic amines is 1. The van der Waals surface area contributed by atoms with Crippen LogP contribution in [0.1, 0.15) is 22.8 Å². The number of benzene rings is 2. The molecule has 0 saturated carbocycles. The molecule has 154 valence electrons.